The highest BCUT2D eigenvalue weighted by Gasteiger charge is 2.26. The summed E-state index contributed by atoms with van der Waals surface area (Å²) in [6.07, 6.45) is 2.66. The molecule has 3 nitrogen and oxygen atoms in total. The Kier molecular flexibility index (Phi) is 4.02. The van der Waals surface area contributed by atoms with E-state index in [1.54, 1.807) is 31.2 Å². The zero-order valence-corrected chi connectivity index (χ0v) is 11.2. The van der Waals surface area contributed by atoms with E-state index in [-0.39, 0.29) is 6.61 Å². The number of aliphatic hydroxyl groups is 1. The lowest BCUT2D eigenvalue weighted by Gasteiger charge is -2.30. The normalized spacial score (nSPS) is 13.9. The van der Waals surface area contributed by atoms with Gasteiger partial charge >= 0.3 is 0 Å². The second kappa shape index (κ2) is 5.55. The SMILES string of the molecule is CC(CO)(Nc1ccc(Cl)cc1)c1cncc(F)c1. The molecule has 2 N–H and O–H groups in total. The summed E-state index contributed by atoms with van der Waals surface area (Å²) in [5.41, 5.74) is 0.540. The van der Waals surface area contributed by atoms with Crippen LogP contribution >= 0.6 is 11.6 Å². The largest absolute Gasteiger partial charge is 0.394 e. The van der Waals surface area contributed by atoms with Gasteiger partial charge in [0.2, 0.25) is 0 Å². The molecule has 0 saturated heterocycles. The van der Waals surface area contributed by atoms with Crippen LogP contribution in [-0.4, -0.2) is 16.7 Å². The first kappa shape index (κ1) is 13.8. The molecule has 1 atom stereocenters. The zero-order chi connectivity index (χ0) is 13.9. The number of hydrogen-bond donors (Lipinski definition) is 2. The third-order valence-electron chi connectivity index (χ3n) is 2.92. The molecule has 2 aromatic rings. The maximum Gasteiger partial charge on any atom is 0.141 e. The summed E-state index contributed by atoms with van der Waals surface area (Å²) in [4.78, 5) is 3.81. The third-order valence-corrected chi connectivity index (χ3v) is 3.17. The van der Waals surface area contributed by atoms with E-state index in [2.05, 4.69) is 10.3 Å². The maximum absolute atomic E-state index is 13.2. The van der Waals surface area contributed by atoms with Crippen molar-refractivity contribution in [3.63, 3.8) is 0 Å². The molecule has 1 aromatic carbocycles. The van der Waals surface area contributed by atoms with E-state index in [9.17, 15) is 9.50 Å². The number of hydrogen-bond acceptors (Lipinski definition) is 3. The minimum atomic E-state index is -0.817. The summed E-state index contributed by atoms with van der Waals surface area (Å²) < 4.78 is 13.2. The molecule has 1 unspecified atom stereocenters. The quantitative estimate of drug-likeness (QED) is 0.904. The van der Waals surface area contributed by atoms with Gasteiger partial charge in [-0.25, -0.2) is 4.39 Å². The van der Waals surface area contributed by atoms with Crippen LogP contribution in [0.25, 0.3) is 0 Å². The molecular formula is C14H14ClFN2O. The van der Waals surface area contributed by atoms with Gasteiger partial charge in [0.25, 0.3) is 0 Å². The minimum absolute atomic E-state index is 0.194. The number of anilines is 1. The van der Waals surface area contributed by atoms with Crippen molar-refractivity contribution in [3.05, 3.63) is 59.1 Å². The molecule has 5 heteroatoms. The molecule has 0 fully saturated rings. The fourth-order valence-corrected chi connectivity index (χ4v) is 1.89. The van der Waals surface area contributed by atoms with Crippen molar-refractivity contribution < 1.29 is 9.50 Å². The van der Waals surface area contributed by atoms with Gasteiger partial charge in [-0.2, -0.15) is 0 Å². The molecule has 0 aliphatic heterocycles. The number of aromatic nitrogens is 1. The monoisotopic (exact) mass is 280 g/mol. The second-order valence-electron chi connectivity index (χ2n) is 4.51. The number of benzene rings is 1. The van der Waals surface area contributed by atoms with E-state index in [1.165, 1.54) is 12.3 Å². The fourth-order valence-electron chi connectivity index (χ4n) is 1.77. The average Bonchev–Trinajstić information content (AvgIpc) is 2.41. The first-order valence-electron chi connectivity index (χ1n) is 5.79. The number of pyridine rings is 1. The van der Waals surface area contributed by atoms with Gasteiger partial charge in [-0.05, 0) is 37.3 Å². The summed E-state index contributed by atoms with van der Waals surface area (Å²) in [7, 11) is 0. The molecule has 0 amide bonds. The minimum Gasteiger partial charge on any atom is -0.394 e. The van der Waals surface area contributed by atoms with Crippen LogP contribution in [0.15, 0.2) is 42.7 Å². The average molecular weight is 281 g/mol. The Hall–Kier alpha value is -1.65. The number of halogens is 2. The molecule has 0 saturated carbocycles. The first-order chi connectivity index (χ1) is 9.03. The van der Waals surface area contributed by atoms with Gasteiger partial charge in [0.15, 0.2) is 0 Å². The topological polar surface area (TPSA) is 45.1 Å². The van der Waals surface area contributed by atoms with Crippen LogP contribution in [0, 0.1) is 5.82 Å². The predicted octanol–water partition coefficient (Wildman–Crippen LogP) is 3.19. The molecule has 100 valence electrons. The van der Waals surface area contributed by atoms with Crippen molar-refractivity contribution in [1.29, 1.82) is 0 Å². The number of aliphatic hydroxyl groups excluding tert-OH is 1. The number of nitrogens with one attached hydrogen (secondary N) is 1. The zero-order valence-electron chi connectivity index (χ0n) is 10.4. The fraction of sp³-hybridized carbons (Fsp3) is 0.214. The van der Waals surface area contributed by atoms with Gasteiger partial charge in [0.05, 0.1) is 18.3 Å². The van der Waals surface area contributed by atoms with Crippen LogP contribution in [-0.2, 0) is 5.54 Å². The van der Waals surface area contributed by atoms with E-state index in [4.69, 9.17) is 11.6 Å². The van der Waals surface area contributed by atoms with Crippen LogP contribution < -0.4 is 5.32 Å². The number of nitrogens with zero attached hydrogens (tertiary/aromatic N) is 1. The smallest absolute Gasteiger partial charge is 0.141 e. The highest BCUT2D eigenvalue weighted by Crippen LogP contribution is 2.26. The Bertz CT molecular complexity index is 562. The summed E-state index contributed by atoms with van der Waals surface area (Å²) in [5, 5.41) is 13.4. The van der Waals surface area contributed by atoms with Crippen LogP contribution in [0.3, 0.4) is 0 Å². The lowest BCUT2D eigenvalue weighted by atomic mass is 9.94. The molecule has 0 aliphatic carbocycles. The van der Waals surface area contributed by atoms with Crippen LogP contribution in [0.1, 0.15) is 12.5 Å². The third kappa shape index (κ3) is 3.22. The molecule has 0 bridgehead atoms. The van der Waals surface area contributed by atoms with Gasteiger partial charge in [0.1, 0.15) is 5.82 Å². The Morgan fingerprint density at radius 2 is 2.00 bits per heavy atom. The van der Waals surface area contributed by atoms with Gasteiger partial charge in [-0.15, -0.1) is 0 Å². The van der Waals surface area contributed by atoms with Gasteiger partial charge in [0, 0.05) is 22.5 Å². The molecule has 2 rings (SSSR count). The lowest BCUT2D eigenvalue weighted by molar-refractivity contribution is 0.223. The predicted molar refractivity (Wildman–Crippen MR) is 73.7 cm³/mol. The van der Waals surface area contributed by atoms with Crippen molar-refractivity contribution in [2.24, 2.45) is 0 Å². The first-order valence-corrected chi connectivity index (χ1v) is 6.17. The Balaban J connectivity index is 2.30. The standard InChI is InChI=1S/C14H14ClFN2O/c1-14(9-19,10-6-12(16)8-17-7-10)18-13-4-2-11(15)3-5-13/h2-8,18-19H,9H2,1H3. The van der Waals surface area contributed by atoms with Crippen molar-refractivity contribution in [2.75, 3.05) is 11.9 Å². The molecule has 0 radical (unpaired) electrons. The van der Waals surface area contributed by atoms with Gasteiger partial charge < -0.3 is 10.4 Å². The second-order valence-corrected chi connectivity index (χ2v) is 4.95. The van der Waals surface area contributed by atoms with Crippen LogP contribution in [0.5, 0.6) is 0 Å². The van der Waals surface area contributed by atoms with Crippen LogP contribution in [0.2, 0.25) is 5.02 Å². The van der Waals surface area contributed by atoms with Crippen molar-refractivity contribution >= 4 is 17.3 Å². The Morgan fingerprint density at radius 3 is 2.58 bits per heavy atom. The highest BCUT2D eigenvalue weighted by molar-refractivity contribution is 6.30. The molecular weight excluding hydrogens is 267 g/mol. The van der Waals surface area contributed by atoms with Gasteiger partial charge in [-0.1, -0.05) is 11.6 Å². The molecule has 1 heterocycles. The molecule has 0 aliphatic rings. The van der Waals surface area contributed by atoms with E-state index in [0.717, 1.165) is 11.9 Å². The van der Waals surface area contributed by atoms with Crippen molar-refractivity contribution in [2.45, 2.75) is 12.5 Å². The summed E-state index contributed by atoms with van der Waals surface area (Å²) in [6.45, 7) is 1.58. The number of rotatable bonds is 4. The maximum atomic E-state index is 13.2. The molecule has 1 aromatic heterocycles. The van der Waals surface area contributed by atoms with Crippen LogP contribution in [0.4, 0.5) is 10.1 Å². The van der Waals surface area contributed by atoms with Crippen molar-refractivity contribution in [1.82, 2.24) is 4.98 Å². The highest BCUT2D eigenvalue weighted by atomic mass is 35.5. The van der Waals surface area contributed by atoms with E-state index < -0.39 is 11.4 Å². The van der Waals surface area contributed by atoms with E-state index in [0.29, 0.717) is 10.6 Å². The Morgan fingerprint density at radius 1 is 1.32 bits per heavy atom. The Labute approximate surface area is 116 Å². The summed E-state index contributed by atoms with van der Waals surface area (Å²) in [5.74, 6) is -0.435. The lowest BCUT2D eigenvalue weighted by Crippen LogP contribution is -2.36. The van der Waals surface area contributed by atoms with E-state index >= 15 is 0 Å². The molecule has 19 heavy (non-hydrogen) atoms. The van der Waals surface area contributed by atoms with Crippen molar-refractivity contribution in [3.8, 4) is 0 Å². The molecule has 0 spiro atoms. The van der Waals surface area contributed by atoms with E-state index in [1.807, 2.05) is 0 Å². The summed E-state index contributed by atoms with van der Waals surface area (Å²) >= 11 is 5.82. The van der Waals surface area contributed by atoms with Gasteiger partial charge in [-0.3, -0.25) is 4.98 Å². The summed E-state index contributed by atoms with van der Waals surface area (Å²) in [6, 6.07) is 8.43.